The summed E-state index contributed by atoms with van der Waals surface area (Å²) in [4.78, 5) is 12.1. The number of carbonyl (C=O) groups excluding carboxylic acids is 1. The van der Waals surface area contributed by atoms with Gasteiger partial charge in [-0.2, -0.15) is 9.78 Å². The summed E-state index contributed by atoms with van der Waals surface area (Å²) in [6, 6.07) is 12.5. The van der Waals surface area contributed by atoms with Crippen molar-refractivity contribution in [2.75, 3.05) is 5.32 Å². The van der Waals surface area contributed by atoms with Crippen molar-refractivity contribution in [1.29, 1.82) is 0 Å². The molecule has 0 aliphatic carbocycles. The second-order valence-corrected chi connectivity index (χ2v) is 4.38. The summed E-state index contributed by atoms with van der Waals surface area (Å²) in [6.45, 7) is 1.89. The van der Waals surface area contributed by atoms with E-state index in [2.05, 4.69) is 10.4 Å². The van der Waals surface area contributed by atoms with Crippen LogP contribution in [0.2, 0.25) is 0 Å². The molecule has 0 saturated heterocycles. The van der Waals surface area contributed by atoms with Crippen LogP contribution < -0.4 is 5.32 Å². The quantitative estimate of drug-likeness (QED) is 0.772. The average molecular weight is 267 g/mol. The first-order valence-electron chi connectivity index (χ1n) is 6.20. The lowest BCUT2D eigenvalue weighted by atomic mass is 10.2. The fourth-order valence-corrected chi connectivity index (χ4v) is 1.92. The van der Waals surface area contributed by atoms with Crippen molar-refractivity contribution >= 4 is 11.7 Å². The number of furan rings is 1. The molecule has 0 saturated carbocycles. The topological polar surface area (TPSA) is 60.1 Å². The maximum Gasteiger partial charge on any atom is 0.346 e. The Balaban J connectivity index is 1.84. The number of nitrogens with one attached hydrogen (secondary N) is 1. The van der Waals surface area contributed by atoms with Crippen molar-refractivity contribution in [1.82, 2.24) is 9.78 Å². The fourth-order valence-electron chi connectivity index (χ4n) is 1.92. The molecule has 0 fully saturated rings. The normalized spacial score (nSPS) is 10.4. The zero-order chi connectivity index (χ0) is 13.9. The highest BCUT2D eigenvalue weighted by molar-refractivity contribution is 5.90. The maximum absolute atomic E-state index is 12.1. The summed E-state index contributed by atoms with van der Waals surface area (Å²) < 4.78 is 6.58. The van der Waals surface area contributed by atoms with Gasteiger partial charge in [0, 0.05) is 11.9 Å². The number of carbonyl (C=O) groups is 1. The molecule has 0 atom stereocenters. The van der Waals surface area contributed by atoms with Crippen LogP contribution in [-0.4, -0.2) is 15.8 Å². The molecule has 0 bridgehead atoms. The van der Waals surface area contributed by atoms with E-state index in [4.69, 9.17) is 4.42 Å². The Bertz CT molecular complexity index is 715. The predicted molar refractivity (Wildman–Crippen MR) is 75.5 cm³/mol. The predicted octanol–water partition coefficient (Wildman–Crippen LogP) is 3.53. The summed E-state index contributed by atoms with van der Waals surface area (Å²) in [6.07, 6.45) is 3.26. The van der Waals surface area contributed by atoms with E-state index in [1.807, 2.05) is 43.3 Å². The average Bonchev–Trinajstić information content (AvgIpc) is 3.08. The molecule has 0 spiro atoms. The van der Waals surface area contributed by atoms with Gasteiger partial charge >= 0.3 is 6.03 Å². The first-order chi connectivity index (χ1) is 9.74. The van der Waals surface area contributed by atoms with E-state index in [9.17, 15) is 4.79 Å². The van der Waals surface area contributed by atoms with E-state index in [0.717, 1.165) is 11.3 Å². The van der Waals surface area contributed by atoms with Gasteiger partial charge in [0.25, 0.3) is 0 Å². The summed E-state index contributed by atoms with van der Waals surface area (Å²) in [5.74, 6) is 0.647. The van der Waals surface area contributed by atoms with E-state index in [1.165, 1.54) is 4.68 Å². The molecule has 0 aliphatic heterocycles. The minimum absolute atomic E-state index is 0.308. The van der Waals surface area contributed by atoms with E-state index in [0.29, 0.717) is 11.5 Å². The highest BCUT2D eigenvalue weighted by Gasteiger charge is 2.14. The van der Waals surface area contributed by atoms with Crippen molar-refractivity contribution in [2.24, 2.45) is 0 Å². The van der Waals surface area contributed by atoms with Gasteiger partial charge in [-0.1, -0.05) is 18.2 Å². The molecule has 5 nitrogen and oxygen atoms in total. The van der Waals surface area contributed by atoms with Crippen molar-refractivity contribution in [3.63, 3.8) is 0 Å². The molecule has 1 aromatic carbocycles. The first kappa shape index (κ1) is 12.2. The van der Waals surface area contributed by atoms with Crippen molar-refractivity contribution in [2.45, 2.75) is 6.92 Å². The molecule has 1 amide bonds. The molecule has 2 heterocycles. The van der Waals surface area contributed by atoms with Crippen molar-refractivity contribution in [3.05, 3.63) is 60.5 Å². The molecule has 1 N–H and O–H groups in total. The zero-order valence-electron chi connectivity index (χ0n) is 10.9. The number of aryl methyl sites for hydroxylation is 1. The maximum atomic E-state index is 12.1. The van der Waals surface area contributed by atoms with Gasteiger partial charge in [-0.3, -0.25) is 0 Å². The van der Waals surface area contributed by atoms with Crippen LogP contribution in [-0.2, 0) is 0 Å². The van der Waals surface area contributed by atoms with Gasteiger partial charge in [0.05, 0.1) is 6.26 Å². The van der Waals surface area contributed by atoms with Crippen molar-refractivity contribution < 1.29 is 9.21 Å². The first-order valence-corrected chi connectivity index (χ1v) is 6.20. The SMILES string of the molecule is Cc1cn(C(=O)Nc2ccccc2)nc1-c1ccco1. The smallest absolute Gasteiger partial charge is 0.346 e. The van der Waals surface area contributed by atoms with Crippen LogP contribution in [0.3, 0.4) is 0 Å². The van der Waals surface area contributed by atoms with E-state index in [-0.39, 0.29) is 6.03 Å². The molecule has 20 heavy (non-hydrogen) atoms. The zero-order valence-corrected chi connectivity index (χ0v) is 10.9. The molecule has 0 unspecified atom stereocenters. The van der Waals surface area contributed by atoms with Gasteiger partial charge < -0.3 is 9.73 Å². The Morgan fingerprint density at radius 3 is 2.70 bits per heavy atom. The second kappa shape index (κ2) is 5.05. The van der Waals surface area contributed by atoms with Crippen LogP contribution in [0.25, 0.3) is 11.5 Å². The van der Waals surface area contributed by atoms with Gasteiger partial charge in [0.15, 0.2) is 5.76 Å². The van der Waals surface area contributed by atoms with Crippen LogP contribution in [0.1, 0.15) is 5.56 Å². The molecule has 3 rings (SSSR count). The molecule has 100 valence electrons. The van der Waals surface area contributed by atoms with Crippen LogP contribution in [0.15, 0.2) is 59.3 Å². The monoisotopic (exact) mass is 267 g/mol. The van der Waals surface area contributed by atoms with Gasteiger partial charge in [-0.15, -0.1) is 0 Å². The number of rotatable bonds is 2. The largest absolute Gasteiger partial charge is 0.463 e. The summed E-state index contributed by atoms with van der Waals surface area (Å²) in [5, 5.41) is 7.03. The number of hydrogen-bond donors (Lipinski definition) is 1. The molecule has 3 aromatic rings. The number of benzene rings is 1. The number of hydrogen-bond acceptors (Lipinski definition) is 3. The Morgan fingerprint density at radius 2 is 2.00 bits per heavy atom. The lowest BCUT2D eigenvalue weighted by molar-refractivity contribution is 0.251. The lowest BCUT2D eigenvalue weighted by Gasteiger charge is -2.03. The van der Waals surface area contributed by atoms with Crippen LogP contribution in [0.5, 0.6) is 0 Å². The van der Waals surface area contributed by atoms with E-state index in [1.54, 1.807) is 18.5 Å². The third-order valence-corrected chi connectivity index (χ3v) is 2.88. The number of nitrogens with zero attached hydrogens (tertiary/aromatic N) is 2. The minimum Gasteiger partial charge on any atom is -0.463 e. The summed E-state index contributed by atoms with van der Waals surface area (Å²) >= 11 is 0. The fraction of sp³-hybridized carbons (Fsp3) is 0.0667. The molecular formula is C15H13N3O2. The molecule has 2 aromatic heterocycles. The van der Waals surface area contributed by atoms with Crippen LogP contribution >= 0.6 is 0 Å². The Morgan fingerprint density at radius 1 is 1.20 bits per heavy atom. The van der Waals surface area contributed by atoms with Crippen LogP contribution in [0.4, 0.5) is 10.5 Å². The number of amides is 1. The van der Waals surface area contributed by atoms with E-state index >= 15 is 0 Å². The third kappa shape index (κ3) is 2.33. The Hall–Kier alpha value is -2.82. The Kier molecular flexibility index (Phi) is 3.09. The van der Waals surface area contributed by atoms with E-state index < -0.39 is 0 Å². The highest BCUT2D eigenvalue weighted by Crippen LogP contribution is 2.21. The molecule has 0 radical (unpaired) electrons. The summed E-state index contributed by atoms with van der Waals surface area (Å²) in [7, 11) is 0. The Labute approximate surface area is 115 Å². The molecular weight excluding hydrogens is 254 g/mol. The standard InChI is InChI=1S/C15H13N3O2/c1-11-10-18(17-14(11)13-8-5-9-20-13)15(19)16-12-6-3-2-4-7-12/h2-10H,1H3,(H,16,19). The molecule has 5 heteroatoms. The van der Waals surface area contributed by atoms with Gasteiger partial charge in [-0.05, 0) is 36.8 Å². The van der Waals surface area contributed by atoms with Crippen LogP contribution in [0, 0.1) is 6.92 Å². The number of aromatic nitrogens is 2. The number of anilines is 1. The van der Waals surface area contributed by atoms with Crippen molar-refractivity contribution in [3.8, 4) is 11.5 Å². The van der Waals surface area contributed by atoms with Gasteiger partial charge in [-0.25, -0.2) is 4.79 Å². The highest BCUT2D eigenvalue weighted by atomic mass is 16.3. The summed E-state index contributed by atoms with van der Waals surface area (Å²) in [5.41, 5.74) is 2.27. The number of para-hydroxylation sites is 1. The second-order valence-electron chi connectivity index (χ2n) is 4.38. The third-order valence-electron chi connectivity index (χ3n) is 2.88. The van der Waals surface area contributed by atoms with Gasteiger partial charge in [0.1, 0.15) is 5.69 Å². The molecule has 0 aliphatic rings. The lowest BCUT2D eigenvalue weighted by Crippen LogP contribution is -2.19. The minimum atomic E-state index is -0.308. The van der Waals surface area contributed by atoms with Gasteiger partial charge in [0.2, 0.25) is 0 Å².